The molecule has 0 fully saturated rings. The number of aromatic nitrogens is 1. The highest BCUT2D eigenvalue weighted by atomic mass is 16.2. The molecule has 2 atom stereocenters. The fourth-order valence-electron chi connectivity index (χ4n) is 1.67. The van der Waals surface area contributed by atoms with Crippen LogP contribution in [0.3, 0.4) is 0 Å². The number of amides is 1. The van der Waals surface area contributed by atoms with Gasteiger partial charge in [0.25, 0.3) is 0 Å². The second kappa shape index (κ2) is 6.35. The van der Waals surface area contributed by atoms with Gasteiger partial charge in [-0.2, -0.15) is 0 Å². The summed E-state index contributed by atoms with van der Waals surface area (Å²) in [6.45, 7) is 6.05. The maximum absolute atomic E-state index is 11.8. The second-order valence-electron chi connectivity index (χ2n) is 4.75. The molecule has 94 valence electrons. The minimum absolute atomic E-state index is 0.0382. The summed E-state index contributed by atoms with van der Waals surface area (Å²) in [6, 6.07) is 3.31. The molecule has 0 aliphatic rings. The molecule has 1 aromatic heterocycles. The van der Waals surface area contributed by atoms with E-state index in [1.807, 2.05) is 19.1 Å². The van der Waals surface area contributed by atoms with Gasteiger partial charge in [0, 0.05) is 12.4 Å². The molecule has 0 aromatic carbocycles. The molecule has 0 bridgehead atoms. The zero-order valence-electron chi connectivity index (χ0n) is 10.7. The molecular formula is C13H21N3O. The zero-order chi connectivity index (χ0) is 12.8. The predicted molar refractivity (Wildman–Crippen MR) is 68.2 cm³/mol. The van der Waals surface area contributed by atoms with Crippen molar-refractivity contribution in [1.82, 2.24) is 10.3 Å². The van der Waals surface area contributed by atoms with Crippen LogP contribution in [-0.4, -0.2) is 16.9 Å². The van der Waals surface area contributed by atoms with Crippen molar-refractivity contribution in [1.29, 1.82) is 0 Å². The first-order chi connectivity index (χ1) is 8.00. The number of nitrogens with one attached hydrogen (secondary N) is 1. The van der Waals surface area contributed by atoms with Gasteiger partial charge in [-0.05, 0) is 37.0 Å². The number of carbonyl (C=O) groups is 1. The number of hydrogen-bond donors (Lipinski definition) is 2. The molecule has 1 heterocycles. The van der Waals surface area contributed by atoms with Crippen LogP contribution in [0.15, 0.2) is 24.5 Å². The van der Waals surface area contributed by atoms with Gasteiger partial charge in [0.15, 0.2) is 0 Å². The molecule has 0 aliphatic carbocycles. The summed E-state index contributed by atoms with van der Waals surface area (Å²) in [5, 5.41) is 2.91. The Labute approximate surface area is 103 Å². The Kier molecular flexibility index (Phi) is 5.10. The maximum atomic E-state index is 11.8. The Hall–Kier alpha value is -1.42. The predicted octanol–water partition coefficient (Wildman–Crippen LogP) is 1.63. The summed E-state index contributed by atoms with van der Waals surface area (Å²) in [6.07, 6.45) is 4.13. The standard InChI is InChI=1S/C13H21N3O/c1-9(2)8-12(14)13(17)16-10(3)11-4-6-15-7-5-11/h4-7,9-10,12H,8,14H2,1-3H3,(H,16,17)/t10?,12-/m1/s1. The fourth-order valence-corrected chi connectivity index (χ4v) is 1.67. The molecule has 0 saturated heterocycles. The molecule has 1 amide bonds. The summed E-state index contributed by atoms with van der Waals surface area (Å²) in [5.74, 6) is 0.329. The van der Waals surface area contributed by atoms with Crippen molar-refractivity contribution in [2.24, 2.45) is 11.7 Å². The van der Waals surface area contributed by atoms with Crippen molar-refractivity contribution in [2.45, 2.75) is 39.3 Å². The number of pyridine rings is 1. The van der Waals surface area contributed by atoms with Crippen LogP contribution < -0.4 is 11.1 Å². The Bertz CT molecular complexity index is 351. The van der Waals surface area contributed by atoms with Crippen molar-refractivity contribution in [2.75, 3.05) is 0 Å². The van der Waals surface area contributed by atoms with Gasteiger partial charge in [-0.25, -0.2) is 0 Å². The SMILES string of the molecule is CC(C)C[C@@H](N)C(=O)NC(C)c1ccncc1. The monoisotopic (exact) mass is 235 g/mol. The maximum Gasteiger partial charge on any atom is 0.237 e. The zero-order valence-corrected chi connectivity index (χ0v) is 10.7. The van der Waals surface area contributed by atoms with Crippen molar-refractivity contribution >= 4 is 5.91 Å². The number of hydrogen-bond acceptors (Lipinski definition) is 3. The van der Waals surface area contributed by atoms with Crippen molar-refractivity contribution in [3.05, 3.63) is 30.1 Å². The van der Waals surface area contributed by atoms with Gasteiger partial charge in [-0.3, -0.25) is 9.78 Å². The van der Waals surface area contributed by atoms with Crippen molar-refractivity contribution in [3.8, 4) is 0 Å². The number of rotatable bonds is 5. The molecule has 0 saturated carbocycles. The molecule has 0 spiro atoms. The van der Waals surface area contributed by atoms with Gasteiger partial charge in [0.2, 0.25) is 5.91 Å². The minimum Gasteiger partial charge on any atom is -0.348 e. The first kappa shape index (κ1) is 13.6. The van der Waals surface area contributed by atoms with E-state index in [2.05, 4.69) is 24.1 Å². The third-order valence-corrected chi connectivity index (χ3v) is 2.63. The van der Waals surface area contributed by atoms with E-state index >= 15 is 0 Å². The van der Waals surface area contributed by atoms with E-state index in [9.17, 15) is 4.79 Å². The first-order valence-electron chi connectivity index (χ1n) is 5.96. The van der Waals surface area contributed by atoms with E-state index in [0.29, 0.717) is 12.3 Å². The van der Waals surface area contributed by atoms with Gasteiger partial charge in [0.1, 0.15) is 0 Å². The highest BCUT2D eigenvalue weighted by Crippen LogP contribution is 2.11. The highest BCUT2D eigenvalue weighted by molar-refractivity contribution is 5.81. The molecule has 3 N–H and O–H groups in total. The fraction of sp³-hybridized carbons (Fsp3) is 0.538. The van der Waals surface area contributed by atoms with E-state index < -0.39 is 6.04 Å². The normalized spacial score (nSPS) is 14.4. The number of nitrogens with zero attached hydrogens (tertiary/aromatic N) is 1. The van der Waals surface area contributed by atoms with Crippen LogP contribution in [0.5, 0.6) is 0 Å². The number of carbonyl (C=O) groups excluding carboxylic acids is 1. The van der Waals surface area contributed by atoms with Crippen molar-refractivity contribution in [3.63, 3.8) is 0 Å². The van der Waals surface area contributed by atoms with E-state index in [1.165, 1.54) is 0 Å². The minimum atomic E-state index is -0.431. The first-order valence-corrected chi connectivity index (χ1v) is 5.96. The third kappa shape index (κ3) is 4.53. The largest absolute Gasteiger partial charge is 0.348 e. The van der Waals surface area contributed by atoms with Gasteiger partial charge in [-0.15, -0.1) is 0 Å². The van der Waals surface area contributed by atoms with Crippen LogP contribution in [0, 0.1) is 5.92 Å². The number of nitrogens with two attached hydrogens (primary N) is 1. The molecular weight excluding hydrogens is 214 g/mol. The summed E-state index contributed by atoms with van der Waals surface area (Å²) >= 11 is 0. The lowest BCUT2D eigenvalue weighted by Crippen LogP contribution is -2.42. The molecule has 4 nitrogen and oxygen atoms in total. The molecule has 17 heavy (non-hydrogen) atoms. The lowest BCUT2D eigenvalue weighted by atomic mass is 10.0. The van der Waals surface area contributed by atoms with Crippen LogP contribution >= 0.6 is 0 Å². The molecule has 1 aromatic rings. The molecule has 4 heteroatoms. The van der Waals surface area contributed by atoms with Crippen LogP contribution in [0.4, 0.5) is 0 Å². The molecule has 1 rings (SSSR count). The van der Waals surface area contributed by atoms with Gasteiger partial charge >= 0.3 is 0 Å². The van der Waals surface area contributed by atoms with Crippen LogP contribution in [0.1, 0.15) is 38.8 Å². The smallest absolute Gasteiger partial charge is 0.237 e. The quantitative estimate of drug-likeness (QED) is 0.815. The molecule has 0 radical (unpaired) electrons. The lowest BCUT2D eigenvalue weighted by Gasteiger charge is -2.18. The highest BCUT2D eigenvalue weighted by Gasteiger charge is 2.17. The Morgan fingerprint density at radius 3 is 2.47 bits per heavy atom. The summed E-state index contributed by atoms with van der Waals surface area (Å²) in [5.41, 5.74) is 6.85. The third-order valence-electron chi connectivity index (χ3n) is 2.63. The van der Waals surface area contributed by atoms with Gasteiger partial charge in [-0.1, -0.05) is 13.8 Å². The summed E-state index contributed by atoms with van der Waals surface area (Å²) in [4.78, 5) is 15.8. The van der Waals surface area contributed by atoms with E-state index in [4.69, 9.17) is 5.73 Å². The van der Waals surface area contributed by atoms with Gasteiger partial charge < -0.3 is 11.1 Å². The van der Waals surface area contributed by atoms with E-state index in [0.717, 1.165) is 5.56 Å². The Morgan fingerprint density at radius 2 is 1.94 bits per heavy atom. The molecule has 0 aliphatic heterocycles. The van der Waals surface area contributed by atoms with E-state index in [-0.39, 0.29) is 11.9 Å². The van der Waals surface area contributed by atoms with Gasteiger partial charge in [0.05, 0.1) is 12.1 Å². The average Bonchev–Trinajstić information content (AvgIpc) is 2.29. The van der Waals surface area contributed by atoms with Crippen LogP contribution in [-0.2, 0) is 4.79 Å². The van der Waals surface area contributed by atoms with Crippen LogP contribution in [0.2, 0.25) is 0 Å². The summed E-state index contributed by atoms with van der Waals surface area (Å²) < 4.78 is 0. The Morgan fingerprint density at radius 1 is 1.35 bits per heavy atom. The van der Waals surface area contributed by atoms with Crippen LogP contribution in [0.25, 0.3) is 0 Å². The van der Waals surface area contributed by atoms with Crippen molar-refractivity contribution < 1.29 is 4.79 Å². The Balaban J connectivity index is 2.51. The summed E-state index contributed by atoms with van der Waals surface area (Å²) in [7, 11) is 0. The van der Waals surface area contributed by atoms with E-state index in [1.54, 1.807) is 12.4 Å². The average molecular weight is 235 g/mol. The molecule has 1 unspecified atom stereocenters. The topological polar surface area (TPSA) is 68.0 Å². The lowest BCUT2D eigenvalue weighted by molar-refractivity contribution is -0.123. The second-order valence-corrected chi connectivity index (χ2v) is 4.75.